The van der Waals surface area contributed by atoms with Crippen molar-refractivity contribution in [1.82, 2.24) is 10.2 Å². The molecule has 3 unspecified atom stereocenters. The van der Waals surface area contributed by atoms with Gasteiger partial charge in [0.1, 0.15) is 0 Å². The van der Waals surface area contributed by atoms with Crippen LogP contribution < -0.4 is 5.32 Å². The molecular formula is C18H38N2. The van der Waals surface area contributed by atoms with Gasteiger partial charge >= 0.3 is 0 Å². The van der Waals surface area contributed by atoms with Crippen LogP contribution in [0.4, 0.5) is 0 Å². The maximum Gasteiger partial charge on any atom is 0.0254 e. The average molecular weight is 283 g/mol. The van der Waals surface area contributed by atoms with Gasteiger partial charge in [-0.25, -0.2) is 0 Å². The topological polar surface area (TPSA) is 15.3 Å². The van der Waals surface area contributed by atoms with Gasteiger partial charge in [0, 0.05) is 18.1 Å². The Hall–Kier alpha value is -0.0800. The number of hydrogen-bond donors (Lipinski definition) is 1. The summed E-state index contributed by atoms with van der Waals surface area (Å²) in [6, 6.07) is 2.09. The van der Waals surface area contributed by atoms with Crippen LogP contribution in [0.3, 0.4) is 0 Å². The fourth-order valence-electron chi connectivity index (χ4n) is 3.84. The van der Waals surface area contributed by atoms with E-state index in [1.165, 1.54) is 45.1 Å². The van der Waals surface area contributed by atoms with E-state index >= 15 is 0 Å². The lowest BCUT2D eigenvalue weighted by Crippen LogP contribution is -2.55. The Morgan fingerprint density at radius 1 is 1.10 bits per heavy atom. The Labute approximate surface area is 127 Å². The molecule has 1 aliphatic rings. The Morgan fingerprint density at radius 2 is 1.80 bits per heavy atom. The lowest BCUT2D eigenvalue weighted by atomic mass is 9.76. The van der Waals surface area contributed by atoms with Crippen molar-refractivity contribution in [3.05, 3.63) is 0 Å². The zero-order valence-corrected chi connectivity index (χ0v) is 14.8. The second-order valence-corrected chi connectivity index (χ2v) is 7.32. The van der Waals surface area contributed by atoms with E-state index in [2.05, 4.69) is 51.9 Å². The summed E-state index contributed by atoms with van der Waals surface area (Å²) in [5.41, 5.74) is 0. The van der Waals surface area contributed by atoms with Crippen LogP contribution in [0.5, 0.6) is 0 Å². The van der Waals surface area contributed by atoms with Crippen LogP contribution in [0, 0.1) is 11.8 Å². The van der Waals surface area contributed by atoms with Crippen LogP contribution in [0.25, 0.3) is 0 Å². The number of rotatable bonds is 8. The number of unbranched alkanes of at least 4 members (excludes halogenated alkanes) is 2. The molecule has 1 fully saturated rings. The predicted octanol–water partition coefficient (Wildman–Crippen LogP) is 4.30. The van der Waals surface area contributed by atoms with Gasteiger partial charge in [-0.1, -0.05) is 33.6 Å². The van der Waals surface area contributed by atoms with Crippen LogP contribution in [0.2, 0.25) is 0 Å². The third-order valence-corrected chi connectivity index (χ3v) is 5.28. The standard InChI is InChI=1S/C18H38N2/c1-7-8-9-12-20(15(4)5)18-13-16(14(2)3)10-11-17(18)19-6/h14-19H,7-13H2,1-6H3. The predicted molar refractivity (Wildman–Crippen MR) is 90.2 cm³/mol. The summed E-state index contributed by atoms with van der Waals surface area (Å²) in [5, 5.41) is 3.60. The van der Waals surface area contributed by atoms with Crippen LogP contribution in [0.1, 0.15) is 73.1 Å². The summed E-state index contributed by atoms with van der Waals surface area (Å²) < 4.78 is 0. The maximum atomic E-state index is 3.60. The van der Waals surface area contributed by atoms with Crippen LogP contribution in [-0.4, -0.2) is 36.6 Å². The molecular weight excluding hydrogens is 244 g/mol. The highest BCUT2D eigenvalue weighted by Crippen LogP contribution is 2.33. The van der Waals surface area contributed by atoms with E-state index in [-0.39, 0.29) is 0 Å². The van der Waals surface area contributed by atoms with Gasteiger partial charge < -0.3 is 5.32 Å². The van der Waals surface area contributed by atoms with Crippen molar-refractivity contribution in [2.45, 2.75) is 91.3 Å². The number of nitrogens with zero attached hydrogens (tertiary/aromatic N) is 1. The van der Waals surface area contributed by atoms with Crippen molar-refractivity contribution in [3.8, 4) is 0 Å². The number of nitrogens with one attached hydrogen (secondary N) is 1. The molecule has 0 aromatic rings. The van der Waals surface area contributed by atoms with E-state index in [0.29, 0.717) is 12.1 Å². The summed E-state index contributed by atoms with van der Waals surface area (Å²) in [6.45, 7) is 13.1. The van der Waals surface area contributed by atoms with Gasteiger partial charge in [-0.2, -0.15) is 0 Å². The van der Waals surface area contributed by atoms with E-state index in [0.717, 1.165) is 17.9 Å². The van der Waals surface area contributed by atoms with Crippen molar-refractivity contribution in [3.63, 3.8) is 0 Å². The molecule has 0 heterocycles. The fourth-order valence-corrected chi connectivity index (χ4v) is 3.84. The summed E-state index contributed by atoms with van der Waals surface area (Å²) in [6.07, 6.45) is 8.18. The second kappa shape index (κ2) is 9.04. The molecule has 20 heavy (non-hydrogen) atoms. The highest BCUT2D eigenvalue weighted by molar-refractivity contribution is 4.92. The van der Waals surface area contributed by atoms with Crippen molar-refractivity contribution in [2.24, 2.45) is 11.8 Å². The van der Waals surface area contributed by atoms with Gasteiger partial charge in [0.25, 0.3) is 0 Å². The molecule has 3 atom stereocenters. The molecule has 0 saturated heterocycles. The Kier molecular flexibility index (Phi) is 8.13. The van der Waals surface area contributed by atoms with Crippen molar-refractivity contribution >= 4 is 0 Å². The van der Waals surface area contributed by atoms with Gasteiger partial charge in [-0.05, 0) is 65.0 Å². The van der Waals surface area contributed by atoms with Crippen molar-refractivity contribution in [2.75, 3.05) is 13.6 Å². The largest absolute Gasteiger partial charge is 0.315 e. The molecule has 1 rings (SSSR count). The molecule has 0 radical (unpaired) electrons. The first-order valence-corrected chi connectivity index (χ1v) is 8.94. The first kappa shape index (κ1) is 18.0. The number of likely N-dealkylation sites (N-methyl/N-ethyl adjacent to an activating group) is 1. The zero-order valence-electron chi connectivity index (χ0n) is 14.8. The van der Waals surface area contributed by atoms with Crippen molar-refractivity contribution < 1.29 is 0 Å². The Morgan fingerprint density at radius 3 is 2.30 bits per heavy atom. The van der Waals surface area contributed by atoms with Gasteiger partial charge in [-0.3, -0.25) is 4.90 Å². The average Bonchev–Trinajstić information content (AvgIpc) is 2.42. The summed E-state index contributed by atoms with van der Waals surface area (Å²) in [5.74, 6) is 1.75. The molecule has 0 bridgehead atoms. The lowest BCUT2D eigenvalue weighted by molar-refractivity contribution is 0.0613. The van der Waals surface area contributed by atoms with Crippen LogP contribution >= 0.6 is 0 Å². The SMILES string of the molecule is CCCCCN(C(C)C)C1CC(C(C)C)CCC1NC. The monoisotopic (exact) mass is 282 g/mol. The zero-order chi connectivity index (χ0) is 15.1. The first-order chi connectivity index (χ1) is 9.51. The summed E-state index contributed by atoms with van der Waals surface area (Å²) in [4.78, 5) is 2.78. The van der Waals surface area contributed by atoms with Crippen LogP contribution in [0.15, 0.2) is 0 Å². The molecule has 1 aliphatic carbocycles. The van der Waals surface area contributed by atoms with Gasteiger partial charge in [0.2, 0.25) is 0 Å². The second-order valence-electron chi connectivity index (χ2n) is 7.32. The third-order valence-electron chi connectivity index (χ3n) is 5.28. The van der Waals surface area contributed by atoms with Crippen molar-refractivity contribution in [1.29, 1.82) is 0 Å². The molecule has 1 saturated carbocycles. The highest BCUT2D eigenvalue weighted by atomic mass is 15.2. The minimum Gasteiger partial charge on any atom is -0.315 e. The molecule has 2 heteroatoms. The molecule has 0 spiro atoms. The smallest absolute Gasteiger partial charge is 0.0254 e. The van der Waals surface area contributed by atoms with E-state index in [4.69, 9.17) is 0 Å². The number of hydrogen-bond acceptors (Lipinski definition) is 2. The quantitative estimate of drug-likeness (QED) is 0.668. The van der Waals surface area contributed by atoms with E-state index in [9.17, 15) is 0 Å². The first-order valence-electron chi connectivity index (χ1n) is 8.94. The molecule has 1 N–H and O–H groups in total. The Balaban J connectivity index is 2.71. The summed E-state index contributed by atoms with van der Waals surface area (Å²) >= 11 is 0. The minimum absolute atomic E-state index is 0.665. The lowest BCUT2D eigenvalue weighted by Gasteiger charge is -2.45. The van der Waals surface area contributed by atoms with Gasteiger partial charge in [0.15, 0.2) is 0 Å². The minimum atomic E-state index is 0.665. The fraction of sp³-hybridized carbons (Fsp3) is 1.00. The highest BCUT2D eigenvalue weighted by Gasteiger charge is 2.35. The van der Waals surface area contributed by atoms with E-state index in [1.807, 2.05) is 0 Å². The van der Waals surface area contributed by atoms with E-state index < -0.39 is 0 Å². The summed E-state index contributed by atoms with van der Waals surface area (Å²) in [7, 11) is 2.15. The molecule has 0 aromatic carbocycles. The maximum absolute atomic E-state index is 3.60. The molecule has 0 aliphatic heterocycles. The molecule has 0 aromatic heterocycles. The van der Waals surface area contributed by atoms with Gasteiger partial charge in [0.05, 0.1) is 0 Å². The third kappa shape index (κ3) is 5.04. The normalized spacial score (nSPS) is 27.8. The van der Waals surface area contributed by atoms with Crippen LogP contribution in [-0.2, 0) is 0 Å². The van der Waals surface area contributed by atoms with E-state index in [1.54, 1.807) is 0 Å². The molecule has 0 amide bonds. The van der Waals surface area contributed by atoms with Gasteiger partial charge in [-0.15, -0.1) is 0 Å². The molecule has 2 nitrogen and oxygen atoms in total. The molecule has 120 valence electrons. The Bertz CT molecular complexity index is 250.